The fourth-order valence-corrected chi connectivity index (χ4v) is 3.52. The van der Waals surface area contributed by atoms with E-state index in [1.807, 2.05) is 55.6 Å². The number of benzene rings is 2. The minimum atomic E-state index is -0.677. The first kappa shape index (κ1) is 20.2. The van der Waals surface area contributed by atoms with Crippen LogP contribution in [-0.4, -0.2) is 24.1 Å². The Hall–Kier alpha value is -2.57. The number of thiazole rings is 1. The summed E-state index contributed by atoms with van der Waals surface area (Å²) in [5.74, 6) is 1.10. The third-order valence-corrected chi connectivity index (χ3v) is 5.55. The summed E-state index contributed by atoms with van der Waals surface area (Å²) in [6.45, 7) is 5.51. The average molecular weight is 417 g/mol. The van der Waals surface area contributed by atoms with E-state index in [-0.39, 0.29) is 5.91 Å². The van der Waals surface area contributed by atoms with Crippen molar-refractivity contribution in [2.24, 2.45) is 0 Å². The highest BCUT2D eigenvalue weighted by Crippen LogP contribution is 2.28. The molecule has 1 heterocycles. The molecule has 2 aromatic carbocycles. The minimum absolute atomic E-state index is 0.267. The van der Waals surface area contributed by atoms with Crippen LogP contribution in [0.4, 0.5) is 5.13 Å². The molecule has 0 aliphatic heterocycles. The van der Waals surface area contributed by atoms with E-state index in [1.54, 1.807) is 14.0 Å². The predicted octanol–water partition coefficient (Wildman–Crippen LogP) is 5.49. The Bertz CT molecular complexity index is 980. The van der Waals surface area contributed by atoms with Crippen molar-refractivity contribution in [2.45, 2.75) is 26.9 Å². The lowest BCUT2D eigenvalue weighted by Crippen LogP contribution is -2.30. The van der Waals surface area contributed by atoms with Crippen LogP contribution in [0.25, 0.3) is 11.3 Å². The van der Waals surface area contributed by atoms with Gasteiger partial charge in [0.1, 0.15) is 11.5 Å². The topological polar surface area (TPSA) is 60.5 Å². The van der Waals surface area contributed by atoms with Crippen LogP contribution in [0.5, 0.6) is 11.5 Å². The molecule has 0 fully saturated rings. The van der Waals surface area contributed by atoms with E-state index >= 15 is 0 Å². The van der Waals surface area contributed by atoms with Crippen LogP contribution in [0.15, 0.2) is 41.8 Å². The van der Waals surface area contributed by atoms with Crippen LogP contribution in [0.1, 0.15) is 18.1 Å². The Kier molecular flexibility index (Phi) is 6.21. The van der Waals surface area contributed by atoms with Gasteiger partial charge in [0.25, 0.3) is 5.91 Å². The molecule has 0 aliphatic rings. The molecule has 7 heteroatoms. The molecule has 1 N–H and O–H groups in total. The summed E-state index contributed by atoms with van der Waals surface area (Å²) >= 11 is 7.54. The maximum Gasteiger partial charge on any atom is 0.266 e. The molecule has 28 heavy (non-hydrogen) atoms. The van der Waals surface area contributed by atoms with Gasteiger partial charge in [-0.25, -0.2) is 4.98 Å². The van der Waals surface area contributed by atoms with Crippen LogP contribution in [0, 0.1) is 13.8 Å². The molecule has 0 radical (unpaired) electrons. The first-order chi connectivity index (χ1) is 13.4. The van der Waals surface area contributed by atoms with Crippen LogP contribution in [0.2, 0.25) is 5.02 Å². The highest BCUT2D eigenvalue weighted by atomic mass is 35.5. The molecule has 0 spiro atoms. The first-order valence-electron chi connectivity index (χ1n) is 8.71. The molecule has 5 nitrogen and oxygen atoms in total. The fraction of sp³-hybridized carbons (Fsp3) is 0.238. The minimum Gasteiger partial charge on any atom is -0.497 e. The van der Waals surface area contributed by atoms with Crippen LogP contribution in [-0.2, 0) is 4.79 Å². The van der Waals surface area contributed by atoms with Crippen LogP contribution < -0.4 is 14.8 Å². The van der Waals surface area contributed by atoms with Gasteiger partial charge in [0, 0.05) is 16.0 Å². The smallest absolute Gasteiger partial charge is 0.266 e. The number of ether oxygens (including phenoxy) is 2. The van der Waals surface area contributed by atoms with E-state index in [1.165, 1.54) is 11.3 Å². The number of nitrogens with one attached hydrogen (secondary N) is 1. The summed E-state index contributed by atoms with van der Waals surface area (Å²) in [4.78, 5) is 17.0. The van der Waals surface area contributed by atoms with Crippen LogP contribution >= 0.6 is 22.9 Å². The lowest BCUT2D eigenvalue weighted by molar-refractivity contribution is -0.122. The Labute approximate surface area is 173 Å². The normalized spacial score (nSPS) is 11.8. The number of hydrogen-bond acceptors (Lipinski definition) is 5. The second-order valence-electron chi connectivity index (χ2n) is 6.39. The van der Waals surface area contributed by atoms with Gasteiger partial charge in [-0.3, -0.25) is 10.1 Å². The lowest BCUT2D eigenvalue weighted by Gasteiger charge is -2.15. The Morgan fingerprint density at radius 3 is 2.57 bits per heavy atom. The van der Waals surface area contributed by atoms with E-state index < -0.39 is 6.10 Å². The number of rotatable bonds is 6. The lowest BCUT2D eigenvalue weighted by atomic mass is 10.1. The number of methoxy groups -OCH3 is 1. The van der Waals surface area contributed by atoms with Crippen molar-refractivity contribution in [2.75, 3.05) is 12.4 Å². The molecular formula is C21H21ClN2O3S. The van der Waals surface area contributed by atoms with E-state index in [9.17, 15) is 4.79 Å². The van der Waals surface area contributed by atoms with Gasteiger partial charge >= 0.3 is 0 Å². The van der Waals surface area contributed by atoms with Gasteiger partial charge in [-0.15, -0.1) is 11.3 Å². The third kappa shape index (κ3) is 4.64. The number of nitrogens with zero attached hydrogens (tertiary/aromatic N) is 1. The van der Waals surface area contributed by atoms with Gasteiger partial charge in [-0.1, -0.05) is 23.7 Å². The Balaban J connectivity index is 1.67. The number of aromatic nitrogens is 1. The zero-order valence-corrected chi connectivity index (χ0v) is 17.6. The molecule has 0 saturated carbocycles. The van der Waals surface area contributed by atoms with Crippen molar-refractivity contribution in [1.29, 1.82) is 0 Å². The highest BCUT2D eigenvalue weighted by Gasteiger charge is 2.17. The maximum absolute atomic E-state index is 12.5. The summed E-state index contributed by atoms with van der Waals surface area (Å²) in [5, 5.41) is 5.92. The molecule has 0 saturated heterocycles. The molecule has 3 aromatic rings. The van der Waals surface area contributed by atoms with Gasteiger partial charge in [0.15, 0.2) is 11.2 Å². The van der Waals surface area contributed by atoms with Gasteiger partial charge in [0.2, 0.25) is 0 Å². The quantitative estimate of drug-likeness (QED) is 0.576. The Morgan fingerprint density at radius 1 is 1.18 bits per heavy atom. The molecule has 1 aromatic heterocycles. The molecule has 3 rings (SSSR count). The third-order valence-electron chi connectivity index (χ3n) is 4.19. The fourth-order valence-electron chi connectivity index (χ4n) is 2.69. The Morgan fingerprint density at radius 2 is 1.89 bits per heavy atom. The predicted molar refractivity (Wildman–Crippen MR) is 114 cm³/mol. The standard InChI is InChI=1S/C21H21ClN2O3S/c1-12-8-17(9-13(2)19(12)22)27-14(3)20(25)24-21-23-18(11-28-21)15-6-5-7-16(10-15)26-4/h5-11,14H,1-4H3,(H,23,24,25). The highest BCUT2D eigenvalue weighted by molar-refractivity contribution is 7.14. The maximum atomic E-state index is 12.5. The molecule has 146 valence electrons. The van der Waals surface area contributed by atoms with Crippen molar-refractivity contribution in [1.82, 2.24) is 4.98 Å². The number of aryl methyl sites for hydroxylation is 2. The summed E-state index contributed by atoms with van der Waals surface area (Å²) in [7, 11) is 1.62. The van der Waals surface area contributed by atoms with Gasteiger partial charge in [-0.2, -0.15) is 0 Å². The number of anilines is 1. The number of carbonyl (C=O) groups excluding carboxylic acids is 1. The van der Waals surface area contributed by atoms with Crippen molar-refractivity contribution in [3.05, 3.63) is 57.9 Å². The first-order valence-corrected chi connectivity index (χ1v) is 9.97. The average Bonchev–Trinajstić information content (AvgIpc) is 3.14. The van der Waals surface area contributed by atoms with Crippen molar-refractivity contribution < 1.29 is 14.3 Å². The summed E-state index contributed by atoms with van der Waals surface area (Å²) in [5.41, 5.74) is 3.52. The van der Waals surface area contributed by atoms with E-state index in [0.29, 0.717) is 15.9 Å². The summed E-state index contributed by atoms with van der Waals surface area (Å²) < 4.78 is 11.0. The second kappa shape index (κ2) is 8.63. The van der Waals surface area contributed by atoms with E-state index in [0.717, 1.165) is 28.1 Å². The van der Waals surface area contributed by atoms with Crippen molar-refractivity contribution in [3.63, 3.8) is 0 Å². The monoisotopic (exact) mass is 416 g/mol. The van der Waals surface area contributed by atoms with E-state index in [4.69, 9.17) is 21.1 Å². The largest absolute Gasteiger partial charge is 0.497 e. The molecule has 1 unspecified atom stereocenters. The number of amides is 1. The number of halogens is 1. The zero-order chi connectivity index (χ0) is 20.3. The molecule has 1 atom stereocenters. The second-order valence-corrected chi connectivity index (χ2v) is 7.63. The van der Waals surface area contributed by atoms with E-state index in [2.05, 4.69) is 10.3 Å². The van der Waals surface area contributed by atoms with Crippen molar-refractivity contribution in [3.8, 4) is 22.8 Å². The number of carbonyl (C=O) groups is 1. The number of hydrogen-bond donors (Lipinski definition) is 1. The van der Waals surface area contributed by atoms with Crippen molar-refractivity contribution >= 4 is 34.0 Å². The zero-order valence-electron chi connectivity index (χ0n) is 16.1. The van der Waals surface area contributed by atoms with Gasteiger partial charge in [0.05, 0.1) is 12.8 Å². The summed E-state index contributed by atoms with van der Waals surface area (Å²) in [6, 6.07) is 11.3. The van der Waals surface area contributed by atoms with Crippen LogP contribution in [0.3, 0.4) is 0 Å². The SMILES string of the molecule is COc1cccc(-c2csc(NC(=O)C(C)Oc3cc(C)c(Cl)c(C)c3)n2)c1. The summed E-state index contributed by atoms with van der Waals surface area (Å²) in [6.07, 6.45) is -0.677. The van der Waals surface area contributed by atoms with Gasteiger partial charge in [-0.05, 0) is 56.2 Å². The molecular weight excluding hydrogens is 396 g/mol. The molecule has 1 amide bonds. The molecule has 0 bridgehead atoms. The van der Waals surface area contributed by atoms with Gasteiger partial charge < -0.3 is 9.47 Å². The molecule has 0 aliphatic carbocycles.